The molecule has 0 spiro atoms. The number of ether oxygens (including phenoxy) is 1. The molecule has 2 atom stereocenters. The normalized spacial score (nSPS) is 23.5. The maximum absolute atomic E-state index is 11.1. The molecule has 1 saturated heterocycles. The molecule has 106 valence electrons. The van der Waals surface area contributed by atoms with Gasteiger partial charge < -0.3 is 9.29 Å². The summed E-state index contributed by atoms with van der Waals surface area (Å²) in [6, 6.07) is 9.18. The summed E-state index contributed by atoms with van der Waals surface area (Å²) in [5.41, 5.74) is 1.01. The molecule has 0 aromatic heterocycles. The monoisotopic (exact) mass is 325 g/mol. The Kier molecular flexibility index (Phi) is 7.51. The molecule has 1 aliphatic heterocycles. The zero-order valence-electron chi connectivity index (χ0n) is 11.3. The van der Waals surface area contributed by atoms with Crippen molar-refractivity contribution in [1.29, 1.82) is 0 Å². The molecular formula is C12H16NNaO4S2. The second-order valence-electron chi connectivity index (χ2n) is 4.57. The zero-order valence-corrected chi connectivity index (χ0v) is 15.0. The second-order valence-corrected chi connectivity index (χ2v) is 6.63. The van der Waals surface area contributed by atoms with Crippen LogP contribution in [0.15, 0.2) is 30.3 Å². The van der Waals surface area contributed by atoms with Gasteiger partial charge in [-0.25, -0.2) is 12.7 Å². The van der Waals surface area contributed by atoms with Gasteiger partial charge in [-0.3, -0.25) is 0 Å². The quantitative estimate of drug-likeness (QED) is 0.388. The second kappa shape index (κ2) is 8.14. The Bertz CT molecular complexity index is 511. The van der Waals surface area contributed by atoms with E-state index in [0.717, 1.165) is 9.87 Å². The maximum Gasteiger partial charge on any atom is 1.00 e. The summed E-state index contributed by atoms with van der Waals surface area (Å²) in [7, 11) is -4.43. The van der Waals surface area contributed by atoms with Gasteiger partial charge >= 0.3 is 29.6 Å². The SMILES string of the molecule is O=S(=O)([O-])N1CC(S)CC1COCc1ccccc1.[Na+]. The number of hydrogen-bond donors (Lipinski definition) is 1. The van der Waals surface area contributed by atoms with Gasteiger partial charge in [0, 0.05) is 17.8 Å². The summed E-state index contributed by atoms with van der Waals surface area (Å²) in [5, 5.41) is -0.103. The maximum atomic E-state index is 11.1. The third-order valence-electron chi connectivity index (χ3n) is 3.05. The van der Waals surface area contributed by atoms with E-state index in [1.54, 1.807) is 0 Å². The van der Waals surface area contributed by atoms with Gasteiger partial charge in [0.25, 0.3) is 0 Å². The van der Waals surface area contributed by atoms with E-state index in [0.29, 0.717) is 13.0 Å². The Balaban J connectivity index is 0.00000200. The average molecular weight is 325 g/mol. The van der Waals surface area contributed by atoms with Crippen LogP contribution in [0, 0.1) is 0 Å². The first kappa shape index (κ1) is 18.4. The number of hydrogen-bond acceptors (Lipinski definition) is 5. The van der Waals surface area contributed by atoms with Crippen LogP contribution < -0.4 is 29.6 Å². The third kappa shape index (κ3) is 5.31. The number of benzene rings is 1. The minimum absolute atomic E-state index is 0. The van der Waals surface area contributed by atoms with Crippen molar-refractivity contribution >= 4 is 22.9 Å². The molecule has 1 aromatic rings. The molecule has 0 bridgehead atoms. The van der Waals surface area contributed by atoms with E-state index < -0.39 is 16.3 Å². The van der Waals surface area contributed by atoms with Crippen LogP contribution in [0.4, 0.5) is 0 Å². The molecule has 1 aromatic carbocycles. The van der Waals surface area contributed by atoms with Crippen LogP contribution in [0.1, 0.15) is 12.0 Å². The molecule has 0 radical (unpaired) electrons. The summed E-state index contributed by atoms with van der Waals surface area (Å²) >= 11 is 4.23. The van der Waals surface area contributed by atoms with Gasteiger partial charge in [0.15, 0.2) is 10.3 Å². The van der Waals surface area contributed by atoms with E-state index in [-0.39, 0.29) is 48.0 Å². The van der Waals surface area contributed by atoms with Crippen LogP contribution in [-0.4, -0.2) is 41.7 Å². The van der Waals surface area contributed by atoms with Crippen molar-refractivity contribution in [3.8, 4) is 0 Å². The summed E-state index contributed by atoms with van der Waals surface area (Å²) < 4.78 is 39.7. The van der Waals surface area contributed by atoms with Crippen molar-refractivity contribution in [2.45, 2.75) is 24.3 Å². The van der Waals surface area contributed by atoms with E-state index >= 15 is 0 Å². The molecule has 2 unspecified atom stereocenters. The van der Waals surface area contributed by atoms with Crippen LogP contribution in [0.25, 0.3) is 0 Å². The van der Waals surface area contributed by atoms with Crippen LogP contribution in [0.3, 0.4) is 0 Å². The van der Waals surface area contributed by atoms with Gasteiger partial charge in [0.05, 0.1) is 13.2 Å². The molecule has 0 N–H and O–H groups in total. The topological polar surface area (TPSA) is 69.7 Å². The summed E-state index contributed by atoms with van der Waals surface area (Å²) in [4.78, 5) is 0. The molecule has 5 nitrogen and oxygen atoms in total. The first-order valence-corrected chi connectivity index (χ1v) is 7.87. The van der Waals surface area contributed by atoms with Crippen molar-refractivity contribution in [2.24, 2.45) is 0 Å². The van der Waals surface area contributed by atoms with E-state index in [1.807, 2.05) is 30.3 Å². The van der Waals surface area contributed by atoms with E-state index in [2.05, 4.69) is 12.6 Å². The fraction of sp³-hybridized carbons (Fsp3) is 0.500. The molecule has 0 amide bonds. The molecule has 8 heteroatoms. The summed E-state index contributed by atoms with van der Waals surface area (Å²) in [6.45, 7) is 0.781. The zero-order chi connectivity index (χ0) is 13.9. The average Bonchev–Trinajstić information content (AvgIpc) is 2.72. The minimum Gasteiger partial charge on any atom is -0.735 e. The Morgan fingerprint density at radius 1 is 1.35 bits per heavy atom. The van der Waals surface area contributed by atoms with Crippen molar-refractivity contribution in [3.05, 3.63) is 35.9 Å². The van der Waals surface area contributed by atoms with Crippen molar-refractivity contribution in [1.82, 2.24) is 4.31 Å². The molecule has 0 saturated carbocycles. The molecule has 0 aliphatic carbocycles. The van der Waals surface area contributed by atoms with E-state index in [1.165, 1.54) is 0 Å². The third-order valence-corrected chi connectivity index (χ3v) is 4.45. The molecule has 1 heterocycles. The van der Waals surface area contributed by atoms with Crippen molar-refractivity contribution < 1.29 is 47.3 Å². The van der Waals surface area contributed by atoms with Gasteiger partial charge in [-0.15, -0.1) is 0 Å². The summed E-state index contributed by atoms with van der Waals surface area (Å²) in [6.07, 6.45) is 0.541. The Labute approximate surface area is 147 Å². The fourth-order valence-electron chi connectivity index (χ4n) is 2.18. The predicted molar refractivity (Wildman–Crippen MR) is 73.7 cm³/mol. The van der Waals surface area contributed by atoms with Gasteiger partial charge in [-0.1, -0.05) is 30.3 Å². The van der Waals surface area contributed by atoms with Crippen LogP contribution >= 0.6 is 12.6 Å². The summed E-state index contributed by atoms with van der Waals surface area (Å²) in [5.74, 6) is 0. The smallest absolute Gasteiger partial charge is 0.735 e. The molecule has 1 fully saturated rings. The predicted octanol–water partition coefficient (Wildman–Crippen LogP) is -1.96. The van der Waals surface area contributed by atoms with Crippen molar-refractivity contribution in [2.75, 3.05) is 13.2 Å². The van der Waals surface area contributed by atoms with Gasteiger partial charge in [-0.2, -0.15) is 12.6 Å². The Hall–Kier alpha value is 0.400. The Morgan fingerprint density at radius 2 is 2.00 bits per heavy atom. The molecule has 20 heavy (non-hydrogen) atoms. The number of rotatable bonds is 5. The van der Waals surface area contributed by atoms with Gasteiger partial charge in [0.2, 0.25) is 0 Å². The minimum atomic E-state index is -4.43. The van der Waals surface area contributed by atoms with Crippen molar-refractivity contribution in [3.63, 3.8) is 0 Å². The van der Waals surface area contributed by atoms with Gasteiger partial charge in [0.1, 0.15) is 0 Å². The Morgan fingerprint density at radius 3 is 2.60 bits per heavy atom. The van der Waals surface area contributed by atoms with Crippen LogP contribution in [-0.2, 0) is 21.6 Å². The molecular weight excluding hydrogens is 309 g/mol. The number of nitrogens with zero attached hydrogens (tertiary/aromatic N) is 1. The van der Waals surface area contributed by atoms with E-state index in [4.69, 9.17) is 4.74 Å². The van der Waals surface area contributed by atoms with E-state index in [9.17, 15) is 13.0 Å². The first-order chi connectivity index (χ1) is 8.97. The fourth-order valence-corrected chi connectivity index (χ4v) is 3.58. The first-order valence-electron chi connectivity index (χ1n) is 5.99. The molecule has 1 aliphatic rings. The standard InChI is InChI=1S/C12H17NO4S2.Na/c14-19(15,16)13-7-12(18)6-11(13)9-17-8-10-4-2-1-3-5-10;/h1-5,11-12,18H,6-9H2,(H,14,15,16);/q;+1/p-1. The molecule has 2 rings (SSSR count). The number of thiol groups is 1. The largest absolute Gasteiger partial charge is 1.00 e. The van der Waals surface area contributed by atoms with Crippen LogP contribution in [0.5, 0.6) is 0 Å². The van der Waals surface area contributed by atoms with Crippen LogP contribution in [0.2, 0.25) is 0 Å². The van der Waals surface area contributed by atoms with Gasteiger partial charge in [-0.05, 0) is 12.0 Å².